The Labute approximate surface area is 123 Å². The number of hydrogen-bond acceptors (Lipinski definition) is 1. The van der Waals surface area contributed by atoms with Gasteiger partial charge in [-0.3, -0.25) is 4.90 Å². The van der Waals surface area contributed by atoms with Crippen molar-refractivity contribution in [1.29, 1.82) is 0 Å². The van der Waals surface area contributed by atoms with Crippen LogP contribution in [0.1, 0.15) is 16.7 Å². The van der Waals surface area contributed by atoms with Gasteiger partial charge in [-0.25, -0.2) is 8.78 Å². The Balaban J connectivity index is 1.66. The van der Waals surface area contributed by atoms with Crippen LogP contribution in [0.3, 0.4) is 0 Å². The summed E-state index contributed by atoms with van der Waals surface area (Å²) in [4.78, 5) is 2.23. The van der Waals surface area contributed by atoms with Crippen LogP contribution >= 0.6 is 0 Å². The van der Waals surface area contributed by atoms with Gasteiger partial charge in [0.2, 0.25) is 0 Å². The van der Waals surface area contributed by atoms with E-state index in [0.29, 0.717) is 6.54 Å². The first-order valence-electron chi connectivity index (χ1n) is 6.95. The van der Waals surface area contributed by atoms with Crippen LogP contribution in [0.25, 0.3) is 0 Å². The topological polar surface area (TPSA) is 3.24 Å². The minimum atomic E-state index is -0.605. The molecule has 1 heterocycles. The zero-order valence-electron chi connectivity index (χ0n) is 11.6. The number of hydrogen-bond donors (Lipinski definition) is 0. The summed E-state index contributed by atoms with van der Waals surface area (Å²) in [6, 6.07) is 11.9. The molecule has 0 bridgehead atoms. The van der Waals surface area contributed by atoms with Crippen molar-refractivity contribution in [3.8, 4) is 11.8 Å². The average molecular weight is 283 g/mol. The molecule has 0 aromatic heterocycles. The van der Waals surface area contributed by atoms with Crippen molar-refractivity contribution in [2.45, 2.75) is 13.0 Å². The molecule has 0 aliphatic carbocycles. The largest absolute Gasteiger partial charge is 0.288 e. The maximum Gasteiger partial charge on any atom is 0.141 e. The Hall–Kier alpha value is -2.18. The van der Waals surface area contributed by atoms with E-state index in [9.17, 15) is 8.78 Å². The molecule has 0 spiro atoms. The van der Waals surface area contributed by atoms with Crippen LogP contribution in [0.5, 0.6) is 0 Å². The van der Waals surface area contributed by atoms with Gasteiger partial charge in [0.15, 0.2) is 0 Å². The Kier molecular flexibility index (Phi) is 3.98. The lowest BCUT2D eigenvalue weighted by molar-refractivity contribution is 0.286. The highest BCUT2D eigenvalue weighted by Gasteiger charge is 2.14. The molecular formula is C18H15F2N. The molecule has 2 aromatic rings. The van der Waals surface area contributed by atoms with E-state index in [1.54, 1.807) is 0 Å². The molecule has 21 heavy (non-hydrogen) atoms. The van der Waals surface area contributed by atoms with E-state index in [0.717, 1.165) is 25.6 Å². The lowest BCUT2D eigenvalue weighted by Crippen LogP contribution is -2.30. The summed E-state index contributed by atoms with van der Waals surface area (Å²) in [6.07, 6.45) is 1.02. The van der Waals surface area contributed by atoms with Crippen molar-refractivity contribution in [3.63, 3.8) is 0 Å². The molecule has 106 valence electrons. The summed E-state index contributed by atoms with van der Waals surface area (Å²) in [7, 11) is 0. The minimum absolute atomic E-state index is 0.244. The Bertz CT molecular complexity index is 713. The fourth-order valence-corrected chi connectivity index (χ4v) is 2.53. The first-order valence-corrected chi connectivity index (χ1v) is 6.95. The average Bonchev–Trinajstić information content (AvgIpc) is 2.49. The number of nitrogens with zero attached hydrogens (tertiary/aromatic N) is 1. The molecule has 0 amide bonds. The van der Waals surface area contributed by atoms with Gasteiger partial charge in [0.25, 0.3) is 0 Å². The van der Waals surface area contributed by atoms with Gasteiger partial charge in [-0.2, -0.15) is 0 Å². The van der Waals surface area contributed by atoms with E-state index in [-0.39, 0.29) is 5.56 Å². The zero-order chi connectivity index (χ0) is 14.7. The smallest absolute Gasteiger partial charge is 0.141 e. The second-order valence-electron chi connectivity index (χ2n) is 5.16. The van der Waals surface area contributed by atoms with Gasteiger partial charge in [-0.05, 0) is 29.7 Å². The number of fused-ring (bicyclic) bond motifs is 1. The Morgan fingerprint density at radius 3 is 2.67 bits per heavy atom. The lowest BCUT2D eigenvalue weighted by atomic mass is 10.00. The van der Waals surface area contributed by atoms with E-state index in [4.69, 9.17) is 0 Å². The van der Waals surface area contributed by atoms with Gasteiger partial charge < -0.3 is 0 Å². The molecule has 0 saturated carbocycles. The first kappa shape index (κ1) is 13.8. The third-order valence-electron chi connectivity index (χ3n) is 3.67. The molecule has 1 nitrogen and oxygen atoms in total. The van der Waals surface area contributed by atoms with Gasteiger partial charge >= 0.3 is 0 Å². The number of rotatable bonds is 1. The minimum Gasteiger partial charge on any atom is -0.288 e. The van der Waals surface area contributed by atoms with E-state index >= 15 is 0 Å². The van der Waals surface area contributed by atoms with E-state index in [1.165, 1.54) is 23.3 Å². The van der Waals surface area contributed by atoms with Crippen molar-refractivity contribution < 1.29 is 8.78 Å². The quantitative estimate of drug-likeness (QED) is 0.725. The second-order valence-corrected chi connectivity index (χ2v) is 5.16. The highest BCUT2D eigenvalue weighted by Crippen LogP contribution is 2.17. The second kappa shape index (κ2) is 6.07. The monoisotopic (exact) mass is 283 g/mol. The van der Waals surface area contributed by atoms with Crippen LogP contribution in [0.15, 0.2) is 42.5 Å². The lowest BCUT2D eigenvalue weighted by Gasteiger charge is -2.26. The Morgan fingerprint density at radius 2 is 1.86 bits per heavy atom. The van der Waals surface area contributed by atoms with Crippen molar-refractivity contribution in [3.05, 3.63) is 70.8 Å². The zero-order valence-corrected chi connectivity index (χ0v) is 11.6. The molecule has 1 aliphatic heterocycles. The third kappa shape index (κ3) is 3.29. The highest BCUT2D eigenvalue weighted by atomic mass is 19.1. The third-order valence-corrected chi connectivity index (χ3v) is 3.67. The van der Waals surface area contributed by atoms with Gasteiger partial charge in [-0.15, -0.1) is 0 Å². The van der Waals surface area contributed by atoms with E-state index in [1.807, 2.05) is 6.07 Å². The summed E-state index contributed by atoms with van der Waals surface area (Å²) in [5.74, 6) is 4.57. The first-order chi connectivity index (χ1) is 10.2. The van der Waals surface area contributed by atoms with Crippen molar-refractivity contribution in [2.24, 2.45) is 0 Å². The van der Waals surface area contributed by atoms with Crippen LogP contribution in [0.2, 0.25) is 0 Å². The number of benzene rings is 2. The predicted octanol–water partition coefficient (Wildman–Crippen LogP) is 3.37. The van der Waals surface area contributed by atoms with Crippen LogP contribution in [0, 0.1) is 23.5 Å². The fraction of sp³-hybridized carbons (Fsp3) is 0.222. The van der Waals surface area contributed by atoms with Gasteiger partial charge in [0, 0.05) is 19.2 Å². The van der Waals surface area contributed by atoms with Crippen LogP contribution in [-0.4, -0.2) is 18.0 Å². The maximum absolute atomic E-state index is 13.5. The molecule has 0 radical (unpaired) electrons. The van der Waals surface area contributed by atoms with Crippen LogP contribution in [-0.2, 0) is 13.0 Å². The van der Waals surface area contributed by atoms with Gasteiger partial charge in [-0.1, -0.05) is 36.1 Å². The van der Waals surface area contributed by atoms with Crippen molar-refractivity contribution in [1.82, 2.24) is 4.90 Å². The molecule has 0 atom stereocenters. The highest BCUT2D eigenvalue weighted by molar-refractivity contribution is 5.36. The summed E-state index contributed by atoms with van der Waals surface area (Å²) in [5.41, 5.74) is 2.97. The van der Waals surface area contributed by atoms with Gasteiger partial charge in [0.1, 0.15) is 11.6 Å². The van der Waals surface area contributed by atoms with E-state index < -0.39 is 11.6 Å². The molecule has 1 aliphatic rings. The number of halogens is 2. The SMILES string of the molecule is Fc1ccc(C#CCN2CCc3ccccc3C2)c(F)c1. The van der Waals surface area contributed by atoms with Crippen molar-refractivity contribution >= 4 is 0 Å². The Morgan fingerprint density at radius 1 is 1.05 bits per heavy atom. The van der Waals surface area contributed by atoms with E-state index in [2.05, 4.69) is 34.9 Å². The van der Waals surface area contributed by atoms with Crippen LogP contribution < -0.4 is 0 Å². The molecule has 0 fully saturated rings. The summed E-state index contributed by atoms with van der Waals surface area (Å²) < 4.78 is 26.3. The molecule has 0 unspecified atom stereocenters. The molecular weight excluding hydrogens is 268 g/mol. The molecule has 3 heteroatoms. The fourth-order valence-electron chi connectivity index (χ4n) is 2.53. The van der Waals surface area contributed by atoms with Crippen LogP contribution in [0.4, 0.5) is 8.78 Å². The summed E-state index contributed by atoms with van der Waals surface area (Å²) in [5, 5.41) is 0. The molecule has 3 rings (SSSR count). The maximum atomic E-state index is 13.5. The summed E-state index contributed by atoms with van der Waals surface area (Å²) >= 11 is 0. The van der Waals surface area contributed by atoms with Gasteiger partial charge in [0.05, 0.1) is 12.1 Å². The summed E-state index contributed by atoms with van der Waals surface area (Å²) in [6.45, 7) is 2.42. The molecule has 0 N–H and O–H groups in total. The predicted molar refractivity (Wildman–Crippen MR) is 78.7 cm³/mol. The standard InChI is InChI=1S/C18H15F2N/c19-17-8-7-15(18(20)12-17)6-3-10-21-11-9-14-4-1-2-5-16(14)13-21/h1-2,4-5,7-8,12H,9-11,13H2. The molecule has 0 saturated heterocycles. The normalized spacial score (nSPS) is 14.2. The molecule has 2 aromatic carbocycles. The van der Waals surface area contributed by atoms with Crippen molar-refractivity contribution in [2.75, 3.05) is 13.1 Å².